The first-order valence-electron chi connectivity index (χ1n) is 8.57. The van der Waals surface area contributed by atoms with Crippen LogP contribution < -0.4 is 4.74 Å². The summed E-state index contributed by atoms with van der Waals surface area (Å²) in [5, 5.41) is 0. The van der Waals surface area contributed by atoms with Crippen molar-refractivity contribution in [1.82, 2.24) is 14.4 Å². The van der Waals surface area contributed by atoms with Gasteiger partial charge in [-0.15, -0.1) is 0 Å². The van der Waals surface area contributed by atoms with Gasteiger partial charge in [-0.25, -0.2) is 4.98 Å². The molecule has 2 aromatic heterocycles. The average Bonchev–Trinajstić information content (AvgIpc) is 3.11. The van der Waals surface area contributed by atoms with E-state index in [-0.39, 0.29) is 17.1 Å². The fourth-order valence-electron chi connectivity index (χ4n) is 3.75. The summed E-state index contributed by atoms with van der Waals surface area (Å²) < 4.78 is 13.6. The summed E-state index contributed by atoms with van der Waals surface area (Å²) >= 11 is 0. The molecular formula is C18H27N3O2. The number of imidazole rings is 1. The van der Waals surface area contributed by atoms with Crippen molar-refractivity contribution >= 4 is 5.78 Å². The van der Waals surface area contributed by atoms with Crippen molar-refractivity contribution in [3.05, 3.63) is 23.7 Å². The normalized spacial score (nSPS) is 28.5. The highest BCUT2D eigenvalue weighted by molar-refractivity contribution is 5.41. The number of aromatic nitrogens is 3. The van der Waals surface area contributed by atoms with E-state index in [1.54, 1.807) is 0 Å². The molecule has 0 amide bonds. The Balaban J connectivity index is 0.000000753. The summed E-state index contributed by atoms with van der Waals surface area (Å²) in [6.07, 6.45) is 6.39. The lowest BCUT2D eigenvalue weighted by atomic mass is 9.62. The fourth-order valence-corrected chi connectivity index (χ4v) is 3.75. The monoisotopic (exact) mass is 317 g/mol. The van der Waals surface area contributed by atoms with E-state index in [9.17, 15) is 0 Å². The SMILES string of the molecule is CC.Cc1cn2cc(C34COC(C)(C3)C4)nc2nc1OC(C)C. The predicted molar refractivity (Wildman–Crippen MR) is 90.1 cm³/mol. The topological polar surface area (TPSA) is 48.7 Å². The Morgan fingerprint density at radius 3 is 2.48 bits per heavy atom. The van der Waals surface area contributed by atoms with E-state index in [1.165, 1.54) is 0 Å². The summed E-state index contributed by atoms with van der Waals surface area (Å²) in [7, 11) is 0. The molecular weight excluding hydrogens is 290 g/mol. The van der Waals surface area contributed by atoms with Crippen molar-refractivity contribution in [1.29, 1.82) is 0 Å². The quantitative estimate of drug-likeness (QED) is 0.866. The first kappa shape index (κ1) is 16.2. The van der Waals surface area contributed by atoms with Crippen LogP contribution in [0.2, 0.25) is 0 Å². The van der Waals surface area contributed by atoms with Gasteiger partial charge in [-0.3, -0.25) is 4.40 Å². The molecule has 5 rings (SSSR count). The van der Waals surface area contributed by atoms with Crippen LogP contribution in [0.25, 0.3) is 5.78 Å². The lowest BCUT2D eigenvalue weighted by Crippen LogP contribution is -2.45. The van der Waals surface area contributed by atoms with E-state index in [4.69, 9.17) is 14.5 Å². The summed E-state index contributed by atoms with van der Waals surface area (Å²) in [5.41, 5.74) is 2.31. The first-order chi connectivity index (χ1) is 10.9. The summed E-state index contributed by atoms with van der Waals surface area (Å²) in [6.45, 7) is 13.0. The van der Waals surface area contributed by atoms with Crippen LogP contribution in [0.4, 0.5) is 0 Å². The van der Waals surface area contributed by atoms with Gasteiger partial charge in [0.05, 0.1) is 24.0 Å². The van der Waals surface area contributed by atoms with Crippen molar-refractivity contribution in [2.75, 3.05) is 6.61 Å². The van der Waals surface area contributed by atoms with Gasteiger partial charge in [0.2, 0.25) is 11.7 Å². The number of nitrogens with zero attached hydrogens (tertiary/aromatic N) is 3. The smallest absolute Gasteiger partial charge is 0.237 e. The molecule has 1 saturated carbocycles. The van der Waals surface area contributed by atoms with E-state index < -0.39 is 0 Å². The molecule has 5 heteroatoms. The Kier molecular flexibility index (Phi) is 3.87. The highest BCUT2D eigenvalue weighted by atomic mass is 16.5. The average molecular weight is 317 g/mol. The molecule has 0 unspecified atom stereocenters. The minimum atomic E-state index is 0.0745. The molecule has 2 aliphatic heterocycles. The minimum Gasteiger partial charge on any atom is -0.475 e. The fraction of sp³-hybridized carbons (Fsp3) is 0.667. The number of rotatable bonds is 3. The maximum Gasteiger partial charge on any atom is 0.237 e. The van der Waals surface area contributed by atoms with Gasteiger partial charge in [0.25, 0.3) is 0 Å². The second kappa shape index (κ2) is 5.48. The molecule has 3 fully saturated rings. The zero-order valence-electron chi connectivity index (χ0n) is 15.0. The maximum absolute atomic E-state index is 5.87. The summed E-state index contributed by atoms with van der Waals surface area (Å²) in [5.74, 6) is 1.38. The third kappa shape index (κ3) is 2.61. The standard InChI is InChI=1S/C16H21N3O2.C2H6/c1-10(2)21-13-11(3)5-19-6-12(17-14(19)18-13)16-7-15(4,8-16)20-9-16;1-2/h5-6,10H,7-9H2,1-4H3;1-2H3. The molecule has 0 aromatic carbocycles. The number of fused-ring (bicyclic) bond motifs is 2. The number of hydrogen-bond donors (Lipinski definition) is 0. The molecule has 0 N–H and O–H groups in total. The molecule has 2 aromatic rings. The van der Waals surface area contributed by atoms with Crippen LogP contribution in [-0.2, 0) is 10.2 Å². The first-order valence-corrected chi connectivity index (χ1v) is 8.57. The maximum atomic E-state index is 5.87. The molecule has 3 aliphatic rings. The zero-order chi connectivity index (χ0) is 16.8. The molecule has 126 valence electrons. The van der Waals surface area contributed by atoms with Crippen LogP contribution in [-0.4, -0.2) is 32.7 Å². The van der Waals surface area contributed by atoms with E-state index in [0.717, 1.165) is 30.7 Å². The number of aryl methyl sites for hydroxylation is 1. The Bertz CT molecular complexity index is 714. The van der Waals surface area contributed by atoms with Gasteiger partial charge in [-0.05, 0) is 40.5 Å². The van der Waals surface area contributed by atoms with E-state index in [0.29, 0.717) is 11.7 Å². The van der Waals surface area contributed by atoms with Gasteiger partial charge in [-0.2, -0.15) is 4.98 Å². The van der Waals surface area contributed by atoms with E-state index >= 15 is 0 Å². The van der Waals surface area contributed by atoms with Gasteiger partial charge in [0.1, 0.15) is 0 Å². The Morgan fingerprint density at radius 2 is 1.91 bits per heavy atom. The summed E-state index contributed by atoms with van der Waals surface area (Å²) in [4.78, 5) is 9.30. The van der Waals surface area contributed by atoms with Gasteiger partial charge < -0.3 is 9.47 Å². The molecule has 5 nitrogen and oxygen atoms in total. The van der Waals surface area contributed by atoms with Gasteiger partial charge in [0.15, 0.2) is 0 Å². The minimum absolute atomic E-state index is 0.0745. The number of ether oxygens (including phenoxy) is 2. The van der Waals surface area contributed by atoms with Crippen molar-refractivity contribution in [3.8, 4) is 5.88 Å². The van der Waals surface area contributed by atoms with Crippen molar-refractivity contribution in [3.63, 3.8) is 0 Å². The Labute approximate surface area is 138 Å². The molecule has 4 heterocycles. The molecule has 23 heavy (non-hydrogen) atoms. The third-order valence-corrected chi connectivity index (χ3v) is 4.60. The Morgan fingerprint density at radius 1 is 1.22 bits per heavy atom. The van der Waals surface area contributed by atoms with E-state index in [1.807, 2.05) is 45.2 Å². The van der Waals surface area contributed by atoms with Crippen LogP contribution >= 0.6 is 0 Å². The van der Waals surface area contributed by atoms with E-state index in [2.05, 4.69) is 18.1 Å². The number of hydrogen-bond acceptors (Lipinski definition) is 4. The summed E-state index contributed by atoms with van der Waals surface area (Å²) in [6, 6.07) is 0. The lowest BCUT2D eigenvalue weighted by molar-refractivity contribution is 0.0154. The third-order valence-electron chi connectivity index (χ3n) is 4.60. The van der Waals surface area contributed by atoms with Gasteiger partial charge >= 0.3 is 0 Å². The largest absolute Gasteiger partial charge is 0.475 e. The Hall–Kier alpha value is -1.62. The van der Waals surface area contributed by atoms with Crippen molar-refractivity contribution in [2.45, 2.75) is 71.5 Å². The molecule has 0 radical (unpaired) electrons. The van der Waals surface area contributed by atoms with Crippen LogP contribution in [0.1, 0.15) is 58.7 Å². The van der Waals surface area contributed by atoms with Crippen molar-refractivity contribution in [2.24, 2.45) is 0 Å². The highest BCUT2D eigenvalue weighted by Gasteiger charge is 2.61. The lowest BCUT2D eigenvalue weighted by Gasteiger charge is -2.41. The van der Waals surface area contributed by atoms with Crippen LogP contribution in [0.5, 0.6) is 5.88 Å². The van der Waals surface area contributed by atoms with Gasteiger partial charge in [0, 0.05) is 23.4 Å². The highest BCUT2D eigenvalue weighted by Crippen LogP contribution is 2.58. The van der Waals surface area contributed by atoms with Crippen molar-refractivity contribution < 1.29 is 9.47 Å². The predicted octanol–water partition coefficient (Wildman–Crippen LogP) is 3.67. The molecule has 0 atom stereocenters. The van der Waals surface area contributed by atoms with Crippen LogP contribution in [0.15, 0.2) is 12.4 Å². The van der Waals surface area contributed by atoms with Gasteiger partial charge in [-0.1, -0.05) is 13.8 Å². The molecule has 2 saturated heterocycles. The molecule has 2 bridgehead atoms. The van der Waals surface area contributed by atoms with Crippen LogP contribution in [0, 0.1) is 6.92 Å². The molecule has 0 spiro atoms. The second-order valence-corrected chi connectivity index (χ2v) is 7.10. The second-order valence-electron chi connectivity index (χ2n) is 7.10. The van der Waals surface area contributed by atoms with Crippen LogP contribution in [0.3, 0.4) is 0 Å². The molecule has 1 aliphatic carbocycles. The zero-order valence-corrected chi connectivity index (χ0v) is 15.0.